The second-order valence-electron chi connectivity index (χ2n) is 3.76. The van der Waals surface area contributed by atoms with Crippen LogP contribution < -0.4 is 5.32 Å². The first-order valence-electron chi connectivity index (χ1n) is 5.43. The van der Waals surface area contributed by atoms with E-state index in [9.17, 15) is 4.21 Å². The Hall–Kier alpha value is -0.820. The zero-order valence-corrected chi connectivity index (χ0v) is 10.8. The highest BCUT2D eigenvalue weighted by Gasteiger charge is 2.11. The number of nitrogens with one attached hydrogen (secondary N) is 1. The van der Waals surface area contributed by atoms with Gasteiger partial charge >= 0.3 is 0 Å². The zero-order valence-electron chi connectivity index (χ0n) is 10.0. The molecule has 0 amide bonds. The lowest BCUT2D eigenvalue weighted by atomic mass is 10.4. The highest BCUT2D eigenvalue weighted by molar-refractivity contribution is 7.84. The first kappa shape index (κ1) is 13.2. The summed E-state index contributed by atoms with van der Waals surface area (Å²) in [6.07, 6.45) is 2.78. The molecule has 0 fully saturated rings. The summed E-state index contributed by atoms with van der Waals surface area (Å²) in [7, 11) is -0.847. The number of aromatic nitrogens is 4. The monoisotopic (exact) mass is 245 g/mol. The fraction of sp³-hybridized carbons (Fsp3) is 0.889. The second kappa shape index (κ2) is 6.70. The van der Waals surface area contributed by atoms with Gasteiger partial charge in [0.25, 0.3) is 0 Å². The lowest BCUT2D eigenvalue weighted by molar-refractivity contribution is 0.534. The van der Waals surface area contributed by atoms with Gasteiger partial charge in [0.1, 0.15) is 0 Å². The minimum absolute atomic E-state index is 0.0634. The van der Waals surface area contributed by atoms with Gasteiger partial charge in [-0.2, -0.15) is 0 Å². The topological polar surface area (TPSA) is 72.7 Å². The molecule has 0 aromatic carbocycles. The molecule has 0 aliphatic carbocycles. The third-order valence-corrected chi connectivity index (χ3v) is 3.59. The molecule has 1 aromatic rings. The molecule has 2 unspecified atom stereocenters. The summed E-state index contributed by atoms with van der Waals surface area (Å²) in [5, 5.41) is 14.8. The molecule has 0 spiro atoms. The summed E-state index contributed by atoms with van der Waals surface area (Å²) in [6, 6.07) is 0. The molecule has 16 heavy (non-hydrogen) atoms. The molecule has 0 saturated heterocycles. The lowest BCUT2D eigenvalue weighted by Crippen LogP contribution is -2.23. The minimum atomic E-state index is -0.847. The van der Waals surface area contributed by atoms with Crippen molar-refractivity contribution in [1.29, 1.82) is 0 Å². The Bertz CT molecular complexity index is 340. The molecule has 0 saturated carbocycles. The van der Waals surface area contributed by atoms with E-state index in [1.165, 1.54) is 0 Å². The third-order valence-electron chi connectivity index (χ3n) is 2.31. The molecule has 0 radical (unpaired) electrons. The largest absolute Gasteiger partial charge is 0.310 e. The van der Waals surface area contributed by atoms with E-state index < -0.39 is 10.8 Å². The standard InChI is InChI=1S/C9H19N5OS/c1-4-5-10-6-9-11-12-13-14(9)7-8(2)16(3)15/h8,10H,4-7H2,1-3H3. The van der Waals surface area contributed by atoms with Crippen LogP contribution in [0, 0.1) is 0 Å². The van der Waals surface area contributed by atoms with Gasteiger partial charge in [0, 0.05) is 17.1 Å². The van der Waals surface area contributed by atoms with Crippen molar-refractivity contribution < 1.29 is 4.21 Å². The number of nitrogens with zero attached hydrogens (tertiary/aromatic N) is 4. The molecule has 1 rings (SSSR count). The quantitative estimate of drug-likeness (QED) is 0.681. The lowest BCUT2D eigenvalue weighted by Gasteiger charge is -2.09. The van der Waals surface area contributed by atoms with E-state index in [1.807, 2.05) is 6.92 Å². The van der Waals surface area contributed by atoms with Crippen LogP contribution in [0.2, 0.25) is 0 Å². The Morgan fingerprint density at radius 1 is 1.56 bits per heavy atom. The SMILES string of the molecule is CCCNCc1nnnn1CC(C)S(C)=O. The van der Waals surface area contributed by atoms with Crippen LogP contribution in [0.3, 0.4) is 0 Å². The van der Waals surface area contributed by atoms with Gasteiger partial charge in [0.05, 0.1) is 18.3 Å². The smallest absolute Gasteiger partial charge is 0.165 e. The van der Waals surface area contributed by atoms with E-state index in [0.717, 1.165) is 18.8 Å². The third kappa shape index (κ3) is 3.97. The molecular weight excluding hydrogens is 226 g/mol. The van der Waals surface area contributed by atoms with E-state index >= 15 is 0 Å². The molecule has 7 heteroatoms. The highest BCUT2D eigenvalue weighted by atomic mass is 32.2. The van der Waals surface area contributed by atoms with E-state index in [1.54, 1.807) is 10.9 Å². The van der Waals surface area contributed by atoms with Crippen LogP contribution in [0.1, 0.15) is 26.1 Å². The van der Waals surface area contributed by atoms with Gasteiger partial charge < -0.3 is 5.32 Å². The molecule has 0 aliphatic rings. The van der Waals surface area contributed by atoms with Crippen molar-refractivity contribution in [2.75, 3.05) is 12.8 Å². The average Bonchev–Trinajstić information content (AvgIpc) is 2.66. The first-order chi connectivity index (χ1) is 7.65. The number of tetrazole rings is 1. The van der Waals surface area contributed by atoms with Crippen molar-refractivity contribution in [2.24, 2.45) is 0 Å². The van der Waals surface area contributed by atoms with Crippen LogP contribution in [0.15, 0.2) is 0 Å². The van der Waals surface area contributed by atoms with Crippen LogP contribution >= 0.6 is 0 Å². The fourth-order valence-electron chi connectivity index (χ4n) is 1.22. The van der Waals surface area contributed by atoms with Crippen LogP contribution in [-0.4, -0.2) is 42.5 Å². The molecule has 6 nitrogen and oxygen atoms in total. The van der Waals surface area contributed by atoms with E-state index in [-0.39, 0.29) is 5.25 Å². The van der Waals surface area contributed by atoms with Crippen molar-refractivity contribution in [2.45, 2.75) is 38.6 Å². The predicted octanol–water partition coefficient (Wildman–Crippen LogP) is -0.0603. The Balaban J connectivity index is 2.53. The molecule has 0 bridgehead atoms. The molecule has 1 heterocycles. The van der Waals surface area contributed by atoms with Gasteiger partial charge in [-0.1, -0.05) is 6.92 Å². The first-order valence-corrected chi connectivity index (χ1v) is 7.05. The molecule has 2 atom stereocenters. The summed E-state index contributed by atoms with van der Waals surface area (Å²) < 4.78 is 13.0. The normalized spacial score (nSPS) is 14.9. The minimum Gasteiger partial charge on any atom is -0.310 e. The average molecular weight is 245 g/mol. The molecular formula is C9H19N5OS. The van der Waals surface area contributed by atoms with Gasteiger partial charge in [0.15, 0.2) is 5.82 Å². The highest BCUT2D eigenvalue weighted by Crippen LogP contribution is 1.99. The maximum absolute atomic E-state index is 11.3. The van der Waals surface area contributed by atoms with Crippen LogP contribution in [0.4, 0.5) is 0 Å². The van der Waals surface area contributed by atoms with Gasteiger partial charge in [-0.3, -0.25) is 4.21 Å². The summed E-state index contributed by atoms with van der Waals surface area (Å²) in [5.41, 5.74) is 0. The van der Waals surface area contributed by atoms with Crippen molar-refractivity contribution in [3.8, 4) is 0 Å². The van der Waals surface area contributed by atoms with Gasteiger partial charge in [0.2, 0.25) is 0 Å². The number of rotatable bonds is 7. The van der Waals surface area contributed by atoms with E-state index in [4.69, 9.17) is 0 Å². The maximum atomic E-state index is 11.3. The molecule has 1 N–H and O–H groups in total. The van der Waals surface area contributed by atoms with E-state index in [0.29, 0.717) is 13.1 Å². The summed E-state index contributed by atoms with van der Waals surface area (Å²) in [6.45, 7) is 6.24. The Labute approximate surface area is 98.3 Å². The predicted molar refractivity (Wildman–Crippen MR) is 63.3 cm³/mol. The van der Waals surface area contributed by atoms with Crippen molar-refractivity contribution in [1.82, 2.24) is 25.5 Å². The maximum Gasteiger partial charge on any atom is 0.165 e. The van der Waals surface area contributed by atoms with E-state index in [2.05, 4.69) is 27.8 Å². The molecule has 0 aliphatic heterocycles. The summed E-state index contributed by atoms with van der Waals surface area (Å²) >= 11 is 0. The van der Waals surface area contributed by atoms with Gasteiger partial charge in [-0.15, -0.1) is 5.10 Å². The Morgan fingerprint density at radius 3 is 2.94 bits per heavy atom. The van der Waals surface area contributed by atoms with Crippen LogP contribution in [0.5, 0.6) is 0 Å². The Kier molecular flexibility index (Phi) is 5.54. The number of hydrogen-bond acceptors (Lipinski definition) is 5. The Morgan fingerprint density at radius 2 is 2.31 bits per heavy atom. The molecule has 92 valence electrons. The van der Waals surface area contributed by atoms with Crippen LogP contribution in [-0.2, 0) is 23.9 Å². The van der Waals surface area contributed by atoms with Crippen molar-refractivity contribution in [3.63, 3.8) is 0 Å². The van der Waals surface area contributed by atoms with Crippen molar-refractivity contribution in [3.05, 3.63) is 5.82 Å². The summed E-state index contributed by atoms with van der Waals surface area (Å²) in [4.78, 5) is 0. The van der Waals surface area contributed by atoms with Crippen molar-refractivity contribution >= 4 is 10.8 Å². The second-order valence-corrected chi connectivity index (χ2v) is 5.57. The van der Waals surface area contributed by atoms with Crippen LogP contribution in [0.25, 0.3) is 0 Å². The molecule has 1 aromatic heterocycles. The number of hydrogen-bond donors (Lipinski definition) is 1. The fourth-order valence-corrected chi connectivity index (χ4v) is 1.57. The summed E-state index contributed by atoms with van der Waals surface area (Å²) in [5.74, 6) is 0.797. The van der Waals surface area contributed by atoms with Gasteiger partial charge in [-0.25, -0.2) is 4.68 Å². The van der Waals surface area contributed by atoms with Gasteiger partial charge in [-0.05, 0) is 30.3 Å². The zero-order chi connectivity index (χ0) is 12.0.